The summed E-state index contributed by atoms with van der Waals surface area (Å²) in [6.07, 6.45) is -2.52. The number of carbonyl (C=O) groups is 2. The molecule has 1 aliphatic rings. The summed E-state index contributed by atoms with van der Waals surface area (Å²) in [4.78, 5) is 26.6. The monoisotopic (exact) mass is 487 g/mol. The van der Waals surface area contributed by atoms with E-state index in [1.165, 1.54) is 17.0 Å². The Balaban J connectivity index is 1.42. The molecule has 3 aromatic rings. The molecule has 10 heteroatoms. The highest BCUT2D eigenvalue weighted by Gasteiger charge is 2.30. The number of amides is 3. The number of hydrogen-bond acceptors (Lipinski definition) is 2. The summed E-state index contributed by atoms with van der Waals surface area (Å²) in [5, 5.41) is 4.80. The zero-order valence-electron chi connectivity index (χ0n) is 18.0. The van der Waals surface area contributed by atoms with E-state index < -0.39 is 35.3 Å². The summed E-state index contributed by atoms with van der Waals surface area (Å²) in [5.74, 6) is -2.43. The fourth-order valence-corrected chi connectivity index (χ4v) is 3.60. The lowest BCUT2D eigenvalue weighted by Gasteiger charge is -2.27. The summed E-state index contributed by atoms with van der Waals surface area (Å²) in [5.41, 5.74) is 0.280. The number of benzene rings is 3. The van der Waals surface area contributed by atoms with E-state index in [2.05, 4.69) is 10.6 Å². The van der Waals surface area contributed by atoms with Crippen LogP contribution < -0.4 is 15.5 Å². The van der Waals surface area contributed by atoms with Gasteiger partial charge in [-0.1, -0.05) is 30.3 Å². The number of nitrogens with one attached hydrogen (secondary N) is 2. The van der Waals surface area contributed by atoms with Gasteiger partial charge in [-0.25, -0.2) is 13.6 Å². The number of urea groups is 1. The van der Waals surface area contributed by atoms with Crippen LogP contribution in [0.15, 0.2) is 78.5 Å². The van der Waals surface area contributed by atoms with Crippen LogP contribution in [0.5, 0.6) is 0 Å². The van der Waals surface area contributed by atoms with Gasteiger partial charge in [0, 0.05) is 23.5 Å². The van der Waals surface area contributed by atoms with Gasteiger partial charge in [0.25, 0.3) is 5.91 Å². The summed E-state index contributed by atoms with van der Waals surface area (Å²) < 4.78 is 65.6. The van der Waals surface area contributed by atoms with Gasteiger partial charge in [0.15, 0.2) is 11.6 Å². The molecule has 5 nitrogen and oxygen atoms in total. The molecule has 2 N–H and O–H groups in total. The molecule has 0 fully saturated rings. The molecule has 3 aromatic carbocycles. The first-order valence-corrected chi connectivity index (χ1v) is 10.5. The smallest absolute Gasteiger partial charge is 0.308 e. The van der Waals surface area contributed by atoms with Gasteiger partial charge in [0.1, 0.15) is 5.70 Å². The molecule has 1 aliphatic heterocycles. The molecule has 0 bridgehead atoms. The molecule has 0 spiro atoms. The molecule has 0 unspecified atom stereocenters. The first-order valence-electron chi connectivity index (χ1n) is 10.5. The number of nitrogens with zero attached hydrogens (tertiary/aromatic N) is 1. The van der Waals surface area contributed by atoms with Crippen molar-refractivity contribution in [1.29, 1.82) is 0 Å². The SMILES string of the molecule is O=C(NC1=CCCN(c2ccc(-c3cccc(F)c3F)cc2)C1=O)Nc1ccc(C(F)(F)F)cc1. The van der Waals surface area contributed by atoms with E-state index in [0.717, 1.165) is 30.3 Å². The number of halogens is 5. The van der Waals surface area contributed by atoms with Crippen LogP contribution >= 0.6 is 0 Å². The average Bonchev–Trinajstić information content (AvgIpc) is 2.82. The van der Waals surface area contributed by atoms with Crippen molar-refractivity contribution in [2.75, 3.05) is 16.8 Å². The van der Waals surface area contributed by atoms with E-state index in [4.69, 9.17) is 0 Å². The summed E-state index contributed by atoms with van der Waals surface area (Å²) >= 11 is 0. The van der Waals surface area contributed by atoms with Crippen molar-refractivity contribution < 1.29 is 31.5 Å². The minimum atomic E-state index is -4.49. The topological polar surface area (TPSA) is 61.4 Å². The van der Waals surface area contributed by atoms with Gasteiger partial charge in [0.05, 0.1) is 5.56 Å². The fourth-order valence-electron chi connectivity index (χ4n) is 3.60. The minimum Gasteiger partial charge on any atom is -0.308 e. The third kappa shape index (κ3) is 5.32. The van der Waals surface area contributed by atoms with Gasteiger partial charge in [-0.05, 0) is 54.4 Å². The highest BCUT2D eigenvalue weighted by molar-refractivity contribution is 6.09. The van der Waals surface area contributed by atoms with Gasteiger partial charge < -0.3 is 15.5 Å². The third-order valence-electron chi connectivity index (χ3n) is 5.34. The first-order chi connectivity index (χ1) is 16.6. The van der Waals surface area contributed by atoms with E-state index in [0.29, 0.717) is 24.2 Å². The maximum absolute atomic E-state index is 14.1. The Morgan fingerprint density at radius 3 is 2.23 bits per heavy atom. The van der Waals surface area contributed by atoms with Crippen molar-refractivity contribution in [2.24, 2.45) is 0 Å². The number of hydrogen-bond donors (Lipinski definition) is 2. The van der Waals surface area contributed by atoms with Crippen LogP contribution in [0.1, 0.15) is 12.0 Å². The van der Waals surface area contributed by atoms with Gasteiger partial charge in [-0.3, -0.25) is 4.79 Å². The lowest BCUT2D eigenvalue weighted by molar-refractivity contribution is -0.137. The molecule has 0 radical (unpaired) electrons. The fraction of sp³-hybridized carbons (Fsp3) is 0.120. The lowest BCUT2D eigenvalue weighted by atomic mass is 10.0. The van der Waals surface area contributed by atoms with Crippen LogP contribution in [0, 0.1) is 11.6 Å². The number of anilines is 2. The Bertz CT molecular complexity index is 1290. The van der Waals surface area contributed by atoms with Crippen LogP contribution in [0.3, 0.4) is 0 Å². The largest absolute Gasteiger partial charge is 0.416 e. The second-order valence-electron chi connectivity index (χ2n) is 7.67. The maximum Gasteiger partial charge on any atom is 0.416 e. The molecule has 0 atom stereocenters. The van der Waals surface area contributed by atoms with E-state index >= 15 is 0 Å². The number of alkyl halides is 3. The molecule has 3 amide bonds. The third-order valence-corrected chi connectivity index (χ3v) is 5.34. The Kier molecular flexibility index (Phi) is 6.54. The van der Waals surface area contributed by atoms with Crippen molar-refractivity contribution in [3.63, 3.8) is 0 Å². The summed E-state index contributed by atoms with van der Waals surface area (Å²) in [6.45, 7) is 0.332. The zero-order valence-corrected chi connectivity index (χ0v) is 18.0. The normalized spacial score (nSPS) is 13.9. The highest BCUT2D eigenvalue weighted by Crippen LogP contribution is 2.30. The van der Waals surface area contributed by atoms with E-state index in [1.807, 2.05) is 0 Å². The van der Waals surface area contributed by atoms with E-state index in [-0.39, 0.29) is 16.9 Å². The first kappa shape index (κ1) is 23.9. The summed E-state index contributed by atoms with van der Waals surface area (Å²) in [7, 11) is 0. The second kappa shape index (κ2) is 9.57. The Hall–Kier alpha value is -4.21. The van der Waals surface area contributed by atoms with Gasteiger partial charge >= 0.3 is 12.2 Å². The van der Waals surface area contributed by atoms with Crippen LogP contribution in [0.25, 0.3) is 11.1 Å². The molecular weight excluding hydrogens is 469 g/mol. The van der Waals surface area contributed by atoms with Crippen molar-refractivity contribution in [1.82, 2.24) is 5.32 Å². The zero-order chi connectivity index (χ0) is 25.2. The van der Waals surface area contributed by atoms with E-state index in [1.54, 1.807) is 30.3 Å². The Morgan fingerprint density at radius 2 is 1.57 bits per heavy atom. The van der Waals surface area contributed by atoms with Crippen LogP contribution in [0.4, 0.5) is 38.1 Å². The lowest BCUT2D eigenvalue weighted by Crippen LogP contribution is -2.42. The predicted molar refractivity (Wildman–Crippen MR) is 120 cm³/mol. The molecule has 35 heavy (non-hydrogen) atoms. The molecule has 0 saturated heterocycles. The van der Waals surface area contributed by atoms with Crippen molar-refractivity contribution in [3.05, 3.63) is 95.7 Å². The second-order valence-corrected chi connectivity index (χ2v) is 7.67. The van der Waals surface area contributed by atoms with Gasteiger partial charge in [-0.2, -0.15) is 13.2 Å². The number of rotatable bonds is 4. The molecule has 0 aliphatic carbocycles. The maximum atomic E-state index is 14.1. The standard InChI is InChI=1S/C25H18F5N3O2/c26-20-4-1-3-19(22(20)27)15-6-12-18(13-7-15)33-14-2-5-21(23(33)34)32-24(35)31-17-10-8-16(9-11-17)25(28,29)30/h1,3-13H,2,14H2,(H2,31,32,35). The Labute approximate surface area is 196 Å². The Morgan fingerprint density at radius 1 is 0.886 bits per heavy atom. The highest BCUT2D eigenvalue weighted by atomic mass is 19.4. The quantitative estimate of drug-likeness (QED) is 0.438. The molecule has 0 aromatic heterocycles. The molecule has 0 saturated carbocycles. The van der Waals surface area contributed by atoms with Gasteiger partial charge in [0.2, 0.25) is 0 Å². The minimum absolute atomic E-state index is 0.000845. The van der Waals surface area contributed by atoms with Crippen molar-refractivity contribution in [3.8, 4) is 11.1 Å². The molecule has 180 valence electrons. The van der Waals surface area contributed by atoms with Crippen LogP contribution in [-0.4, -0.2) is 18.5 Å². The molecular formula is C25H18F5N3O2. The van der Waals surface area contributed by atoms with Crippen molar-refractivity contribution in [2.45, 2.75) is 12.6 Å². The van der Waals surface area contributed by atoms with Gasteiger partial charge in [-0.15, -0.1) is 0 Å². The van der Waals surface area contributed by atoms with E-state index in [9.17, 15) is 31.5 Å². The summed E-state index contributed by atoms with van der Waals surface area (Å²) in [6, 6.07) is 13.2. The average molecular weight is 487 g/mol. The molecule has 4 rings (SSSR count). The van der Waals surface area contributed by atoms with Crippen LogP contribution in [0.2, 0.25) is 0 Å². The predicted octanol–water partition coefficient (Wildman–Crippen LogP) is 6.09. The van der Waals surface area contributed by atoms with Crippen LogP contribution in [-0.2, 0) is 11.0 Å². The molecule has 1 heterocycles. The van der Waals surface area contributed by atoms with Crippen molar-refractivity contribution >= 4 is 23.3 Å². The number of carbonyl (C=O) groups excluding carboxylic acids is 2.